The Bertz CT molecular complexity index is 885. The van der Waals surface area contributed by atoms with Gasteiger partial charge in [-0.3, -0.25) is 0 Å². The van der Waals surface area contributed by atoms with Gasteiger partial charge >= 0.3 is 0 Å². The van der Waals surface area contributed by atoms with Crippen LogP contribution in [-0.2, 0) is 33.2 Å². The van der Waals surface area contributed by atoms with Gasteiger partial charge in [-0.2, -0.15) is 0 Å². The van der Waals surface area contributed by atoms with Gasteiger partial charge in [-0.25, -0.2) is 0 Å². The Morgan fingerprint density at radius 2 is 1.37 bits per heavy atom. The van der Waals surface area contributed by atoms with Crippen molar-refractivity contribution in [1.29, 1.82) is 0 Å². The lowest BCUT2D eigenvalue weighted by molar-refractivity contribution is -0.293. The molecule has 1 aliphatic heterocycles. The predicted molar refractivity (Wildman–Crippen MR) is 116 cm³/mol. The molecule has 0 amide bonds. The Morgan fingerprint density at radius 1 is 0.800 bits per heavy atom. The van der Waals surface area contributed by atoms with E-state index < -0.39 is 5.79 Å². The van der Waals surface area contributed by atoms with Gasteiger partial charge in [-0.15, -0.1) is 0 Å². The zero-order valence-corrected chi connectivity index (χ0v) is 17.0. The van der Waals surface area contributed by atoms with Crippen LogP contribution in [0.25, 0.3) is 0 Å². The van der Waals surface area contributed by atoms with E-state index in [1.807, 2.05) is 91.0 Å². The van der Waals surface area contributed by atoms with Crippen LogP contribution in [0.15, 0.2) is 91.0 Å². The molecule has 4 heteroatoms. The smallest absolute Gasteiger partial charge is 0.195 e. The van der Waals surface area contributed by atoms with Gasteiger partial charge in [0.1, 0.15) is 0 Å². The molecule has 1 aliphatic rings. The molecule has 1 heterocycles. The largest absolute Gasteiger partial charge is 0.374 e. The van der Waals surface area contributed by atoms with Crippen LogP contribution in [0.5, 0.6) is 0 Å². The molecular weight excluding hydrogens is 376 g/mol. The molecule has 30 heavy (non-hydrogen) atoms. The molecule has 0 saturated carbocycles. The Kier molecular flexibility index (Phi) is 6.92. The number of ether oxygens (including phenoxy) is 3. The molecular formula is C26H28O4. The lowest BCUT2D eigenvalue weighted by atomic mass is 9.92. The van der Waals surface area contributed by atoms with Gasteiger partial charge in [-0.1, -0.05) is 91.0 Å². The van der Waals surface area contributed by atoms with E-state index in [1.165, 1.54) is 0 Å². The first-order valence-corrected chi connectivity index (χ1v) is 10.4. The summed E-state index contributed by atoms with van der Waals surface area (Å²) in [5.74, 6) is -1.39. The van der Waals surface area contributed by atoms with Crippen LogP contribution >= 0.6 is 0 Å². The first kappa shape index (κ1) is 20.8. The van der Waals surface area contributed by atoms with Crippen LogP contribution in [-0.4, -0.2) is 23.9 Å². The van der Waals surface area contributed by atoms with E-state index in [0.29, 0.717) is 32.7 Å². The average molecular weight is 405 g/mol. The molecule has 3 unspecified atom stereocenters. The third kappa shape index (κ3) is 5.55. The summed E-state index contributed by atoms with van der Waals surface area (Å²) >= 11 is 0. The van der Waals surface area contributed by atoms with E-state index >= 15 is 0 Å². The van der Waals surface area contributed by atoms with Crippen LogP contribution in [0.1, 0.15) is 29.5 Å². The Balaban J connectivity index is 1.42. The minimum atomic E-state index is -1.39. The molecule has 1 N–H and O–H groups in total. The second-order valence-electron chi connectivity index (χ2n) is 7.75. The molecule has 4 nitrogen and oxygen atoms in total. The molecule has 0 spiro atoms. The van der Waals surface area contributed by atoms with E-state index in [2.05, 4.69) is 0 Å². The predicted octanol–water partition coefficient (Wildman–Crippen LogP) is 4.81. The quantitative estimate of drug-likeness (QED) is 0.585. The van der Waals surface area contributed by atoms with Gasteiger partial charge in [-0.05, 0) is 11.1 Å². The number of hydrogen-bond acceptors (Lipinski definition) is 4. The molecule has 3 aromatic carbocycles. The average Bonchev–Trinajstić information content (AvgIpc) is 2.80. The third-order valence-electron chi connectivity index (χ3n) is 5.36. The lowest BCUT2D eigenvalue weighted by Crippen LogP contribution is -2.46. The minimum absolute atomic E-state index is 0.130. The third-order valence-corrected chi connectivity index (χ3v) is 5.36. The SMILES string of the molecule is OC1(c2ccccc2)CC(OCc2ccccc2)CC(COCc2ccccc2)O1. The van der Waals surface area contributed by atoms with Crippen molar-refractivity contribution in [1.82, 2.24) is 0 Å². The first-order chi connectivity index (χ1) is 14.7. The minimum Gasteiger partial charge on any atom is -0.374 e. The second kappa shape index (κ2) is 10.0. The van der Waals surface area contributed by atoms with Crippen molar-refractivity contribution < 1.29 is 19.3 Å². The van der Waals surface area contributed by atoms with Crippen molar-refractivity contribution in [3.05, 3.63) is 108 Å². The number of hydrogen-bond donors (Lipinski definition) is 1. The van der Waals surface area contributed by atoms with E-state index in [0.717, 1.165) is 16.7 Å². The normalized spacial score (nSPS) is 23.9. The van der Waals surface area contributed by atoms with Crippen molar-refractivity contribution in [2.45, 2.75) is 44.1 Å². The van der Waals surface area contributed by atoms with Crippen molar-refractivity contribution in [3.63, 3.8) is 0 Å². The zero-order valence-electron chi connectivity index (χ0n) is 17.0. The van der Waals surface area contributed by atoms with Crippen LogP contribution in [0.4, 0.5) is 0 Å². The van der Waals surface area contributed by atoms with Crippen molar-refractivity contribution in [3.8, 4) is 0 Å². The van der Waals surface area contributed by atoms with E-state index in [-0.39, 0.29) is 12.2 Å². The summed E-state index contributed by atoms with van der Waals surface area (Å²) in [5.41, 5.74) is 2.97. The van der Waals surface area contributed by atoms with Crippen LogP contribution in [0.2, 0.25) is 0 Å². The zero-order chi connectivity index (χ0) is 20.7. The lowest BCUT2D eigenvalue weighted by Gasteiger charge is -2.41. The maximum absolute atomic E-state index is 11.3. The fourth-order valence-corrected chi connectivity index (χ4v) is 3.84. The molecule has 0 bridgehead atoms. The maximum Gasteiger partial charge on any atom is 0.195 e. The van der Waals surface area contributed by atoms with Gasteiger partial charge in [0.05, 0.1) is 32.0 Å². The van der Waals surface area contributed by atoms with Crippen LogP contribution in [0, 0.1) is 0 Å². The summed E-state index contributed by atoms with van der Waals surface area (Å²) in [4.78, 5) is 0. The first-order valence-electron chi connectivity index (χ1n) is 10.4. The highest BCUT2D eigenvalue weighted by Crippen LogP contribution is 2.37. The summed E-state index contributed by atoms with van der Waals surface area (Å²) in [5, 5.41) is 11.3. The molecule has 1 saturated heterocycles. The topological polar surface area (TPSA) is 47.9 Å². The summed E-state index contributed by atoms with van der Waals surface area (Å²) in [6, 6.07) is 29.7. The molecule has 0 aliphatic carbocycles. The van der Waals surface area contributed by atoms with E-state index in [1.54, 1.807) is 0 Å². The maximum atomic E-state index is 11.3. The molecule has 4 rings (SSSR count). The van der Waals surface area contributed by atoms with Crippen molar-refractivity contribution in [2.75, 3.05) is 6.61 Å². The van der Waals surface area contributed by atoms with E-state index in [9.17, 15) is 5.11 Å². The van der Waals surface area contributed by atoms with Crippen molar-refractivity contribution >= 4 is 0 Å². The second-order valence-corrected chi connectivity index (χ2v) is 7.75. The van der Waals surface area contributed by atoms with Gasteiger partial charge < -0.3 is 19.3 Å². The number of rotatable bonds is 8. The van der Waals surface area contributed by atoms with Crippen LogP contribution in [0.3, 0.4) is 0 Å². The Hall–Kier alpha value is -2.50. The molecule has 3 aromatic rings. The molecule has 0 radical (unpaired) electrons. The Labute approximate surface area is 178 Å². The molecule has 156 valence electrons. The van der Waals surface area contributed by atoms with E-state index in [4.69, 9.17) is 14.2 Å². The number of benzene rings is 3. The highest BCUT2D eigenvalue weighted by molar-refractivity contribution is 5.21. The van der Waals surface area contributed by atoms with Gasteiger partial charge in [0.15, 0.2) is 5.79 Å². The standard InChI is InChI=1S/C26H28O4/c27-26(23-14-8-3-9-15-23)17-24(29-19-22-12-6-2-7-13-22)16-25(30-26)20-28-18-21-10-4-1-5-11-21/h1-15,24-25,27H,16-20H2. The fourth-order valence-electron chi connectivity index (χ4n) is 3.84. The summed E-state index contributed by atoms with van der Waals surface area (Å²) in [6.45, 7) is 1.42. The van der Waals surface area contributed by atoms with Gasteiger partial charge in [0.25, 0.3) is 0 Å². The Morgan fingerprint density at radius 3 is 2.00 bits per heavy atom. The highest BCUT2D eigenvalue weighted by atomic mass is 16.6. The molecule has 1 fully saturated rings. The highest BCUT2D eigenvalue weighted by Gasteiger charge is 2.42. The summed E-state index contributed by atoms with van der Waals surface area (Å²) in [6.07, 6.45) is 0.679. The number of aliphatic hydroxyl groups is 1. The van der Waals surface area contributed by atoms with Gasteiger partial charge in [0, 0.05) is 18.4 Å². The van der Waals surface area contributed by atoms with Crippen LogP contribution < -0.4 is 0 Å². The molecule has 0 aromatic heterocycles. The summed E-state index contributed by atoms with van der Waals surface area (Å²) < 4.78 is 18.2. The summed E-state index contributed by atoms with van der Waals surface area (Å²) in [7, 11) is 0. The monoisotopic (exact) mass is 404 g/mol. The molecule has 3 atom stereocenters. The van der Waals surface area contributed by atoms with Gasteiger partial charge in [0.2, 0.25) is 0 Å². The fraction of sp³-hybridized carbons (Fsp3) is 0.308. The van der Waals surface area contributed by atoms with Crippen molar-refractivity contribution in [2.24, 2.45) is 0 Å².